The van der Waals surface area contributed by atoms with Crippen LogP contribution < -0.4 is 5.32 Å². The summed E-state index contributed by atoms with van der Waals surface area (Å²) in [5.74, 6) is 0. The van der Waals surface area contributed by atoms with Crippen LogP contribution in [0.25, 0.3) is 0 Å². The van der Waals surface area contributed by atoms with E-state index in [0.29, 0.717) is 6.04 Å². The maximum Gasteiger partial charge on any atom is 0.322 e. The highest BCUT2D eigenvalue weighted by molar-refractivity contribution is 5.90. The van der Waals surface area contributed by atoms with E-state index in [2.05, 4.69) is 35.0 Å². The number of urea groups is 1. The fraction of sp³-hybridized carbons (Fsp3) is 0.650. The van der Waals surface area contributed by atoms with Gasteiger partial charge in [-0.2, -0.15) is 0 Å². The van der Waals surface area contributed by atoms with Gasteiger partial charge in [0.25, 0.3) is 0 Å². The first-order valence-corrected chi connectivity index (χ1v) is 9.59. The number of benzene rings is 1. The van der Waals surface area contributed by atoms with Crippen LogP contribution in [-0.2, 0) is 4.74 Å². The highest BCUT2D eigenvalue weighted by Crippen LogP contribution is 2.23. The van der Waals surface area contributed by atoms with Gasteiger partial charge >= 0.3 is 6.03 Å². The minimum atomic E-state index is 0.0559. The largest absolute Gasteiger partial charge is 0.379 e. The minimum absolute atomic E-state index is 0.0559. The lowest BCUT2D eigenvalue weighted by molar-refractivity contribution is 0.0329. The molecular formula is C20H31N3O2. The molecule has 2 heterocycles. The lowest BCUT2D eigenvalue weighted by Gasteiger charge is -2.37. The Morgan fingerprint density at radius 1 is 1.20 bits per heavy atom. The summed E-state index contributed by atoms with van der Waals surface area (Å²) in [6, 6.07) is 6.48. The second-order valence-corrected chi connectivity index (χ2v) is 7.26. The van der Waals surface area contributed by atoms with Gasteiger partial charge in [0, 0.05) is 37.9 Å². The van der Waals surface area contributed by atoms with Crippen molar-refractivity contribution < 1.29 is 9.53 Å². The van der Waals surface area contributed by atoms with E-state index < -0.39 is 0 Å². The van der Waals surface area contributed by atoms with E-state index in [0.717, 1.165) is 69.9 Å². The molecule has 2 aliphatic heterocycles. The molecule has 5 heteroatoms. The van der Waals surface area contributed by atoms with E-state index in [4.69, 9.17) is 4.74 Å². The molecule has 0 saturated carbocycles. The zero-order chi connectivity index (χ0) is 17.6. The Morgan fingerprint density at radius 3 is 2.80 bits per heavy atom. The van der Waals surface area contributed by atoms with Crippen molar-refractivity contribution >= 4 is 11.7 Å². The summed E-state index contributed by atoms with van der Waals surface area (Å²) in [6.07, 6.45) is 4.50. The molecule has 0 aliphatic carbocycles. The van der Waals surface area contributed by atoms with Gasteiger partial charge in [-0.1, -0.05) is 12.1 Å². The van der Waals surface area contributed by atoms with Crippen LogP contribution in [0.1, 0.15) is 36.8 Å². The van der Waals surface area contributed by atoms with E-state index in [1.807, 2.05) is 12.1 Å². The fourth-order valence-electron chi connectivity index (χ4n) is 3.80. The number of carbonyl (C=O) groups is 1. The lowest BCUT2D eigenvalue weighted by atomic mass is 9.99. The summed E-state index contributed by atoms with van der Waals surface area (Å²) >= 11 is 0. The maximum absolute atomic E-state index is 12.9. The van der Waals surface area contributed by atoms with Gasteiger partial charge in [0.1, 0.15) is 0 Å². The number of carbonyl (C=O) groups excluding carboxylic acids is 1. The molecule has 1 N–H and O–H groups in total. The van der Waals surface area contributed by atoms with Crippen molar-refractivity contribution in [1.29, 1.82) is 0 Å². The lowest BCUT2D eigenvalue weighted by Crippen LogP contribution is -2.48. The van der Waals surface area contributed by atoms with Crippen LogP contribution >= 0.6 is 0 Å². The Hall–Kier alpha value is -1.59. The molecule has 0 radical (unpaired) electrons. The Bertz CT molecular complexity index is 584. The number of hydrogen-bond acceptors (Lipinski definition) is 3. The third-order valence-electron chi connectivity index (χ3n) is 5.62. The SMILES string of the molecule is Cc1cccc(NC(=O)N2CCCC[C@H]2CCN2CCOCC2)c1C. The van der Waals surface area contributed by atoms with E-state index in [9.17, 15) is 4.79 Å². The minimum Gasteiger partial charge on any atom is -0.379 e. The smallest absolute Gasteiger partial charge is 0.322 e. The number of piperidine rings is 1. The molecule has 2 fully saturated rings. The summed E-state index contributed by atoms with van der Waals surface area (Å²) in [5.41, 5.74) is 3.29. The molecule has 2 amide bonds. The summed E-state index contributed by atoms with van der Waals surface area (Å²) in [5, 5.41) is 3.14. The quantitative estimate of drug-likeness (QED) is 0.909. The number of anilines is 1. The van der Waals surface area contributed by atoms with Gasteiger partial charge in [0.15, 0.2) is 0 Å². The van der Waals surface area contributed by atoms with Crippen molar-refractivity contribution in [2.75, 3.05) is 44.7 Å². The van der Waals surface area contributed by atoms with E-state index in [-0.39, 0.29) is 6.03 Å². The Kier molecular flexibility index (Phi) is 6.32. The number of nitrogens with one attached hydrogen (secondary N) is 1. The fourth-order valence-corrected chi connectivity index (χ4v) is 3.80. The zero-order valence-electron chi connectivity index (χ0n) is 15.6. The molecule has 2 saturated heterocycles. The number of rotatable bonds is 4. The number of nitrogens with zero attached hydrogens (tertiary/aromatic N) is 2. The molecule has 0 bridgehead atoms. The molecular weight excluding hydrogens is 314 g/mol. The number of likely N-dealkylation sites (tertiary alicyclic amines) is 1. The van der Waals surface area contributed by atoms with Crippen LogP contribution in [0.5, 0.6) is 0 Å². The average molecular weight is 345 g/mol. The predicted octanol–water partition coefficient (Wildman–Crippen LogP) is 3.41. The first kappa shape index (κ1) is 18.2. The molecule has 5 nitrogen and oxygen atoms in total. The summed E-state index contributed by atoms with van der Waals surface area (Å²) in [7, 11) is 0. The van der Waals surface area contributed by atoms with Crippen molar-refractivity contribution in [3.63, 3.8) is 0 Å². The molecule has 0 spiro atoms. The van der Waals surface area contributed by atoms with Gasteiger partial charge in [-0.25, -0.2) is 4.79 Å². The summed E-state index contributed by atoms with van der Waals surface area (Å²) in [4.78, 5) is 17.4. The number of hydrogen-bond donors (Lipinski definition) is 1. The van der Waals surface area contributed by atoms with Crippen molar-refractivity contribution in [2.24, 2.45) is 0 Å². The van der Waals surface area contributed by atoms with Crippen LogP contribution in [-0.4, -0.2) is 61.3 Å². The highest BCUT2D eigenvalue weighted by atomic mass is 16.5. The molecule has 1 atom stereocenters. The standard InChI is InChI=1S/C20H31N3O2/c1-16-6-5-8-19(17(16)2)21-20(24)23-10-4-3-7-18(23)9-11-22-12-14-25-15-13-22/h5-6,8,18H,3-4,7,9-15H2,1-2H3,(H,21,24)/t18-/m0/s1. The van der Waals surface area contributed by atoms with Crippen molar-refractivity contribution in [2.45, 2.75) is 45.6 Å². The van der Waals surface area contributed by atoms with Crippen LogP contribution in [0.2, 0.25) is 0 Å². The Labute approximate surface area is 151 Å². The van der Waals surface area contributed by atoms with E-state index in [1.54, 1.807) is 0 Å². The molecule has 0 aromatic heterocycles. The molecule has 3 rings (SSSR count). The van der Waals surface area contributed by atoms with Crippen molar-refractivity contribution in [1.82, 2.24) is 9.80 Å². The average Bonchev–Trinajstić information content (AvgIpc) is 2.65. The molecule has 2 aliphatic rings. The molecule has 138 valence electrons. The topological polar surface area (TPSA) is 44.8 Å². The predicted molar refractivity (Wildman–Crippen MR) is 101 cm³/mol. The van der Waals surface area contributed by atoms with Gasteiger partial charge in [-0.15, -0.1) is 0 Å². The first-order valence-electron chi connectivity index (χ1n) is 9.59. The van der Waals surface area contributed by atoms with Crippen LogP contribution in [0.4, 0.5) is 10.5 Å². The van der Waals surface area contributed by atoms with E-state index >= 15 is 0 Å². The van der Waals surface area contributed by atoms with Crippen molar-refractivity contribution in [3.8, 4) is 0 Å². The Balaban J connectivity index is 1.59. The van der Waals surface area contributed by atoms with Crippen molar-refractivity contribution in [3.05, 3.63) is 29.3 Å². The molecule has 1 aromatic rings. The number of amides is 2. The summed E-state index contributed by atoms with van der Waals surface area (Å²) in [6.45, 7) is 9.77. The number of aryl methyl sites for hydroxylation is 1. The molecule has 1 aromatic carbocycles. The van der Waals surface area contributed by atoms with E-state index in [1.165, 1.54) is 12.0 Å². The van der Waals surface area contributed by atoms with Gasteiger partial charge < -0.3 is 15.0 Å². The molecule has 25 heavy (non-hydrogen) atoms. The Morgan fingerprint density at radius 2 is 2.00 bits per heavy atom. The monoisotopic (exact) mass is 345 g/mol. The molecule has 0 unspecified atom stereocenters. The van der Waals surface area contributed by atoms with Crippen LogP contribution in [0, 0.1) is 13.8 Å². The van der Waals surface area contributed by atoms with Gasteiger partial charge in [0.05, 0.1) is 13.2 Å². The summed E-state index contributed by atoms with van der Waals surface area (Å²) < 4.78 is 5.42. The second-order valence-electron chi connectivity index (χ2n) is 7.26. The third kappa shape index (κ3) is 4.73. The highest BCUT2D eigenvalue weighted by Gasteiger charge is 2.27. The third-order valence-corrected chi connectivity index (χ3v) is 5.62. The second kappa shape index (κ2) is 8.68. The number of ether oxygens (including phenoxy) is 1. The van der Waals surface area contributed by atoms with Gasteiger partial charge in [-0.3, -0.25) is 4.90 Å². The van der Waals surface area contributed by atoms with Crippen LogP contribution in [0.15, 0.2) is 18.2 Å². The maximum atomic E-state index is 12.9. The van der Waals surface area contributed by atoms with Gasteiger partial charge in [-0.05, 0) is 56.7 Å². The first-order chi connectivity index (χ1) is 12.1. The zero-order valence-corrected chi connectivity index (χ0v) is 15.6. The van der Waals surface area contributed by atoms with Crippen LogP contribution in [0.3, 0.4) is 0 Å². The number of morpholine rings is 1. The normalized spacial score (nSPS) is 22.0. The van der Waals surface area contributed by atoms with Gasteiger partial charge in [0.2, 0.25) is 0 Å².